The van der Waals surface area contributed by atoms with E-state index in [4.69, 9.17) is 9.47 Å². The van der Waals surface area contributed by atoms with Crippen LogP contribution in [0.2, 0.25) is 0 Å². The molecule has 1 saturated carbocycles. The Morgan fingerprint density at radius 3 is 2.88 bits per heavy atom. The lowest BCUT2D eigenvalue weighted by Gasteiger charge is -2.40. The maximum Gasteiger partial charge on any atom is 0.165 e. The van der Waals surface area contributed by atoms with Gasteiger partial charge in [-0.25, -0.2) is 4.39 Å². The predicted molar refractivity (Wildman–Crippen MR) is 68.3 cm³/mol. The third-order valence-electron chi connectivity index (χ3n) is 2.90. The van der Waals surface area contributed by atoms with E-state index < -0.39 is 0 Å². The Morgan fingerprint density at radius 1 is 1.47 bits per heavy atom. The van der Waals surface area contributed by atoms with Crippen molar-refractivity contribution in [1.29, 1.82) is 0 Å². The summed E-state index contributed by atoms with van der Waals surface area (Å²) in [5.74, 6) is 0.00275. The predicted octanol–water partition coefficient (Wildman–Crippen LogP) is 3.45. The van der Waals surface area contributed by atoms with E-state index >= 15 is 0 Å². The molecular formula is C13H16BrFO2. The molecule has 17 heavy (non-hydrogen) atoms. The van der Waals surface area contributed by atoms with E-state index in [2.05, 4.69) is 15.9 Å². The van der Waals surface area contributed by atoms with Gasteiger partial charge in [-0.2, -0.15) is 0 Å². The molecule has 2 nitrogen and oxygen atoms in total. The quantitative estimate of drug-likeness (QED) is 0.793. The van der Waals surface area contributed by atoms with Crippen LogP contribution in [0, 0.1) is 12.7 Å². The molecule has 1 fully saturated rings. The second-order valence-electron chi connectivity index (χ2n) is 4.26. The van der Waals surface area contributed by atoms with Gasteiger partial charge in [-0.3, -0.25) is 0 Å². The molecule has 0 N–H and O–H groups in total. The topological polar surface area (TPSA) is 18.5 Å². The number of hydrogen-bond donors (Lipinski definition) is 0. The average Bonchev–Trinajstić information content (AvgIpc) is 2.30. The highest BCUT2D eigenvalue weighted by Crippen LogP contribution is 2.35. The average molecular weight is 303 g/mol. The molecule has 1 aromatic rings. The Bertz CT molecular complexity index is 397. The number of hydrogen-bond acceptors (Lipinski definition) is 2. The maximum atomic E-state index is 13.5. The van der Waals surface area contributed by atoms with Crippen LogP contribution < -0.4 is 4.74 Å². The standard InChI is InChI=1S/C13H16BrFO2/c1-3-16-13-9(14)7-12(13)17-11-6-8(2)4-5-10(11)15/h4-6,9,12-13H,3,7H2,1-2H3. The van der Waals surface area contributed by atoms with E-state index in [1.165, 1.54) is 6.07 Å². The van der Waals surface area contributed by atoms with Crippen molar-refractivity contribution in [3.63, 3.8) is 0 Å². The van der Waals surface area contributed by atoms with Crippen LogP contribution in [0.25, 0.3) is 0 Å². The fraction of sp³-hybridized carbons (Fsp3) is 0.538. The minimum absolute atomic E-state index is 0.0138. The molecule has 1 aromatic carbocycles. The first kappa shape index (κ1) is 12.8. The van der Waals surface area contributed by atoms with Gasteiger partial charge in [0.05, 0.1) is 0 Å². The monoisotopic (exact) mass is 302 g/mol. The van der Waals surface area contributed by atoms with Gasteiger partial charge in [0, 0.05) is 17.9 Å². The molecule has 0 spiro atoms. The normalized spacial score (nSPS) is 27.6. The molecule has 1 aliphatic rings. The van der Waals surface area contributed by atoms with Crippen LogP contribution in [-0.4, -0.2) is 23.6 Å². The molecule has 94 valence electrons. The van der Waals surface area contributed by atoms with E-state index in [0.717, 1.165) is 12.0 Å². The maximum absolute atomic E-state index is 13.5. The van der Waals surface area contributed by atoms with Crippen molar-refractivity contribution in [3.8, 4) is 5.75 Å². The van der Waals surface area contributed by atoms with Crippen molar-refractivity contribution in [1.82, 2.24) is 0 Å². The van der Waals surface area contributed by atoms with Crippen LogP contribution in [0.5, 0.6) is 5.75 Å². The molecule has 0 radical (unpaired) electrons. The number of rotatable bonds is 4. The lowest BCUT2D eigenvalue weighted by Crippen LogP contribution is -2.52. The Labute approximate surface area is 109 Å². The van der Waals surface area contributed by atoms with E-state index in [9.17, 15) is 4.39 Å². The third kappa shape index (κ3) is 2.80. The minimum Gasteiger partial charge on any atom is -0.485 e. The van der Waals surface area contributed by atoms with E-state index in [1.54, 1.807) is 12.1 Å². The molecule has 2 rings (SSSR count). The SMILES string of the molecule is CCOC1C(Br)CC1Oc1cc(C)ccc1F. The number of benzene rings is 1. The molecule has 3 unspecified atom stereocenters. The fourth-order valence-corrected chi connectivity index (χ4v) is 2.77. The first-order chi connectivity index (χ1) is 8.11. The third-order valence-corrected chi connectivity index (χ3v) is 3.80. The zero-order valence-electron chi connectivity index (χ0n) is 9.95. The van der Waals surface area contributed by atoms with Gasteiger partial charge in [0.1, 0.15) is 12.2 Å². The molecule has 1 aliphatic carbocycles. The Morgan fingerprint density at radius 2 is 2.24 bits per heavy atom. The van der Waals surface area contributed by atoms with Gasteiger partial charge in [-0.1, -0.05) is 22.0 Å². The van der Waals surface area contributed by atoms with Crippen molar-refractivity contribution in [3.05, 3.63) is 29.6 Å². The summed E-state index contributed by atoms with van der Waals surface area (Å²) in [6, 6.07) is 4.89. The summed E-state index contributed by atoms with van der Waals surface area (Å²) in [6.07, 6.45) is 0.799. The molecule has 0 aliphatic heterocycles. The Hall–Kier alpha value is -0.610. The highest BCUT2D eigenvalue weighted by atomic mass is 79.9. The molecule has 3 atom stereocenters. The molecule has 0 aromatic heterocycles. The minimum atomic E-state index is -0.316. The van der Waals surface area contributed by atoms with Crippen LogP contribution in [0.4, 0.5) is 4.39 Å². The number of alkyl halides is 1. The first-order valence-electron chi connectivity index (χ1n) is 5.80. The summed E-state index contributed by atoms with van der Waals surface area (Å²) in [7, 11) is 0. The molecule has 0 bridgehead atoms. The van der Waals surface area contributed by atoms with Gasteiger partial charge in [0.2, 0.25) is 0 Å². The summed E-state index contributed by atoms with van der Waals surface area (Å²) in [5, 5.41) is 0. The molecular weight excluding hydrogens is 287 g/mol. The van der Waals surface area contributed by atoms with Crippen LogP contribution >= 0.6 is 15.9 Å². The van der Waals surface area contributed by atoms with Crippen LogP contribution in [0.15, 0.2) is 18.2 Å². The highest BCUT2D eigenvalue weighted by Gasteiger charge is 2.42. The fourth-order valence-electron chi connectivity index (χ4n) is 1.91. The molecule has 0 saturated heterocycles. The summed E-state index contributed by atoms with van der Waals surface area (Å²) in [4.78, 5) is 0.306. The first-order valence-corrected chi connectivity index (χ1v) is 6.72. The Balaban J connectivity index is 2.03. The second-order valence-corrected chi connectivity index (χ2v) is 5.44. The van der Waals surface area contributed by atoms with Gasteiger partial charge in [0.15, 0.2) is 11.6 Å². The zero-order chi connectivity index (χ0) is 12.4. The van der Waals surface area contributed by atoms with Gasteiger partial charge < -0.3 is 9.47 Å². The molecule has 0 heterocycles. The van der Waals surface area contributed by atoms with E-state index in [0.29, 0.717) is 17.2 Å². The summed E-state index contributed by atoms with van der Waals surface area (Å²) < 4.78 is 24.7. The smallest absolute Gasteiger partial charge is 0.165 e. The lowest BCUT2D eigenvalue weighted by atomic mass is 9.91. The van der Waals surface area contributed by atoms with Gasteiger partial charge in [-0.15, -0.1) is 0 Å². The molecule has 4 heteroatoms. The lowest BCUT2D eigenvalue weighted by molar-refractivity contribution is -0.0734. The summed E-state index contributed by atoms with van der Waals surface area (Å²) in [5.41, 5.74) is 0.990. The van der Waals surface area contributed by atoms with Gasteiger partial charge >= 0.3 is 0 Å². The largest absolute Gasteiger partial charge is 0.485 e. The van der Waals surface area contributed by atoms with Gasteiger partial charge in [-0.05, 0) is 31.5 Å². The number of ether oxygens (including phenoxy) is 2. The van der Waals surface area contributed by atoms with Crippen LogP contribution in [0.3, 0.4) is 0 Å². The number of halogens is 2. The van der Waals surface area contributed by atoms with E-state index in [-0.39, 0.29) is 18.0 Å². The zero-order valence-corrected chi connectivity index (χ0v) is 11.5. The second kappa shape index (κ2) is 5.36. The number of aryl methyl sites for hydroxylation is 1. The van der Waals surface area contributed by atoms with Crippen molar-refractivity contribution in [2.75, 3.05) is 6.61 Å². The van der Waals surface area contributed by atoms with Gasteiger partial charge in [0.25, 0.3) is 0 Å². The van der Waals surface area contributed by atoms with Crippen molar-refractivity contribution in [2.45, 2.75) is 37.3 Å². The van der Waals surface area contributed by atoms with Crippen molar-refractivity contribution >= 4 is 15.9 Å². The van der Waals surface area contributed by atoms with Crippen molar-refractivity contribution < 1.29 is 13.9 Å². The Kier molecular flexibility index (Phi) is 4.05. The van der Waals surface area contributed by atoms with Crippen LogP contribution in [0.1, 0.15) is 18.9 Å². The molecule has 0 amide bonds. The van der Waals surface area contributed by atoms with Crippen molar-refractivity contribution in [2.24, 2.45) is 0 Å². The van der Waals surface area contributed by atoms with Crippen LogP contribution in [-0.2, 0) is 4.74 Å². The van der Waals surface area contributed by atoms with E-state index in [1.807, 2.05) is 13.8 Å². The summed E-state index contributed by atoms with van der Waals surface area (Å²) in [6.45, 7) is 4.51. The summed E-state index contributed by atoms with van der Waals surface area (Å²) >= 11 is 3.52. The highest BCUT2D eigenvalue weighted by molar-refractivity contribution is 9.09.